The van der Waals surface area contributed by atoms with Crippen LogP contribution in [-0.4, -0.2) is 10.1 Å². The van der Waals surface area contributed by atoms with Crippen molar-refractivity contribution in [1.82, 2.24) is 4.98 Å². The normalized spacial score (nSPS) is 10.8. The molecule has 62 valence electrons. The average Bonchev–Trinajstić information content (AvgIpc) is 2.31. The van der Waals surface area contributed by atoms with Crippen LogP contribution in [0.4, 0.5) is 4.39 Å². The molecule has 0 aliphatic heterocycles. The van der Waals surface area contributed by atoms with Crippen LogP contribution in [0.25, 0.3) is 10.8 Å². The maximum Gasteiger partial charge on any atom is 0.199 e. The Labute approximate surface area is 76.1 Å². The first-order valence-corrected chi connectivity index (χ1v) is 4.13. The minimum atomic E-state index is -0.432. The lowest BCUT2D eigenvalue weighted by Crippen LogP contribution is -1.75. The summed E-state index contributed by atoms with van der Waals surface area (Å²) < 4.78 is 13.8. The third-order valence-corrected chi connectivity index (χ3v) is 2.14. The van der Waals surface area contributed by atoms with Crippen molar-refractivity contribution in [3.8, 4) is 5.88 Å². The van der Waals surface area contributed by atoms with Crippen molar-refractivity contribution in [1.29, 1.82) is 0 Å². The highest BCUT2D eigenvalue weighted by molar-refractivity contribution is 9.10. The lowest BCUT2D eigenvalue weighted by molar-refractivity contribution is 0.460. The van der Waals surface area contributed by atoms with Crippen molar-refractivity contribution < 1.29 is 9.50 Å². The molecule has 1 aromatic heterocycles. The van der Waals surface area contributed by atoms with E-state index in [2.05, 4.69) is 20.9 Å². The van der Waals surface area contributed by atoms with E-state index < -0.39 is 5.82 Å². The number of nitrogens with one attached hydrogen (secondary N) is 1. The van der Waals surface area contributed by atoms with Gasteiger partial charge in [-0.2, -0.15) is 0 Å². The summed E-state index contributed by atoms with van der Waals surface area (Å²) in [7, 11) is 0. The van der Waals surface area contributed by atoms with E-state index >= 15 is 0 Å². The number of aromatic amines is 1. The number of benzene rings is 1. The molecule has 0 saturated heterocycles. The quantitative estimate of drug-likeness (QED) is 0.717. The van der Waals surface area contributed by atoms with E-state index in [-0.39, 0.29) is 11.3 Å². The Morgan fingerprint density at radius 3 is 2.92 bits per heavy atom. The zero-order chi connectivity index (χ0) is 8.72. The van der Waals surface area contributed by atoms with Crippen LogP contribution in [0.2, 0.25) is 0 Å². The van der Waals surface area contributed by atoms with Crippen molar-refractivity contribution in [2.24, 2.45) is 0 Å². The number of aromatic hydroxyl groups is 1. The van der Waals surface area contributed by atoms with Crippen molar-refractivity contribution >= 4 is 26.7 Å². The fourth-order valence-corrected chi connectivity index (χ4v) is 1.62. The van der Waals surface area contributed by atoms with E-state index in [0.717, 1.165) is 0 Å². The number of aromatic nitrogens is 1. The van der Waals surface area contributed by atoms with E-state index in [4.69, 9.17) is 0 Å². The van der Waals surface area contributed by atoms with Gasteiger partial charge in [-0.1, -0.05) is 15.9 Å². The molecule has 0 aliphatic rings. The summed E-state index contributed by atoms with van der Waals surface area (Å²) in [5.41, 5.74) is 0. The standard InChI is InChI=1S/C8H5BrFNO/c9-5-1-4-3-11-8(12)7(4)6(10)2-5/h1-3,11-12H. The van der Waals surface area contributed by atoms with Crippen LogP contribution in [0, 0.1) is 5.82 Å². The van der Waals surface area contributed by atoms with E-state index in [9.17, 15) is 9.50 Å². The number of hydrogen-bond donors (Lipinski definition) is 2. The van der Waals surface area contributed by atoms with Gasteiger partial charge >= 0.3 is 0 Å². The third-order valence-electron chi connectivity index (χ3n) is 1.69. The molecule has 1 aromatic carbocycles. The van der Waals surface area contributed by atoms with Gasteiger partial charge < -0.3 is 10.1 Å². The van der Waals surface area contributed by atoms with Crippen molar-refractivity contribution in [3.63, 3.8) is 0 Å². The fourth-order valence-electron chi connectivity index (χ4n) is 1.18. The first-order chi connectivity index (χ1) is 5.68. The van der Waals surface area contributed by atoms with Gasteiger partial charge in [0.25, 0.3) is 0 Å². The monoisotopic (exact) mass is 229 g/mol. The summed E-state index contributed by atoms with van der Waals surface area (Å²) in [5, 5.41) is 10.1. The summed E-state index contributed by atoms with van der Waals surface area (Å²) in [5.74, 6) is -0.562. The second kappa shape index (κ2) is 2.48. The maximum atomic E-state index is 13.1. The molecule has 0 saturated carbocycles. The summed E-state index contributed by atoms with van der Waals surface area (Å²) >= 11 is 3.16. The maximum absolute atomic E-state index is 13.1. The van der Waals surface area contributed by atoms with Gasteiger partial charge in [0, 0.05) is 16.1 Å². The summed E-state index contributed by atoms with van der Waals surface area (Å²) in [4.78, 5) is 2.54. The number of halogens is 2. The average molecular weight is 230 g/mol. The zero-order valence-corrected chi connectivity index (χ0v) is 7.52. The molecule has 0 atom stereocenters. The molecule has 0 aliphatic carbocycles. The van der Waals surface area contributed by atoms with E-state index in [0.29, 0.717) is 9.86 Å². The molecule has 0 unspecified atom stereocenters. The Balaban J connectivity index is 2.93. The number of rotatable bonds is 0. The fraction of sp³-hybridized carbons (Fsp3) is 0. The van der Waals surface area contributed by atoms with Gasteiger partial charge in [0.1, 0.15) is 5.82 Å². The van der Waals surface area contributed by atoms with Gasteiger partial charge in [0.2, 0.25) is 0 Å². The molecule has 2 N–H and O–H groups in total. The van der Waals surface area contributed by atoms with Gasteiger partial charge in [-0.3, -0.25) is 0 Å². The highest BCUT2D eigenvalue weighted by Crippen LogP contribution is 2.29. The third kappa shape index (κ3) is 0.992. The Kier molecular flexibility index (Phi) is 1.58. The van der Waals surface area contributed by atoms with Gasteiger partial charge in [-0.05, 0) is 12.1 Å². The van der Waals surface area contributed by atoms with Crippen molar-refractivity contribution in [2.45, 2.75) is 0 Å². The van der Waals surface area contributed by atoms with E-state index in [1.54, 1.807) is 12.3 Å². The Morgan fingerprint density at radius 1 is 1.42 bits per heavy atom. The molecule has 0 spiro atoms. The Morgan fingerprint density at radius 2 is 2.17 bits per heavy atom. The SMILES string of the molecule is Oc1[nH]cc2cc(Br)cc(F)c12. The van der Waals surface area contributed by atoms with Crippen LogP contribution in [0.15, 0.2) is 22.8 Å². The van der Waals surface area contributed by atoms with Crippen LogP contribution < -0.4 is 0 Å². The lowest BCUT2D eigenvalue weighted by Gasteiger charge is -1.94. The zero-order valence-electron chi connectivity index (χ0n) is 5.94. The molecule has 0 amide bonds. The van der Waals surface area contributed by atoms with E-state index in [1.165, 1.54) is 6.07 Å². The molecule has 2 rings (SSSR count). The molecule has 0 bridgehead atoms. The highest BCUT2D eigenvalue weighted by Gasteiger charge is 2.08. The molecular formula is C8H5BrFNO. The Bertz CT molecular complexity index is 438. The lowest BCUT2D eigenvalue weighted by atomic mass is 10.2. The van der Waals surface area contributed by atoms with Crippen LogP contribution in [0.5, 0.6) is 5.88 Å². The van der Waals surface area contributed by atoms with Gasteiger partial charge in [-0.15, -0.1) is 0 Å². The summed E-state index contributed by atoms with van der Waals surface area (Å²) in [6.07, 6.45) is 1.55. The smallest absolute Gasteiger partial charge is 0.199 e. The predicted molar refractivity (Wildman–Crippen MR) is 47.6 cm³/mol. The largest absolute Gasteiger partial charge is 0.494 e. The van der Waals surface area contributed by atoms with Gasteiger partial charge in [0.15, 0.2) is 5.88 Å². The second-order valence-corrected chi connectivity index (χ2v) is 3.40. The molecule has 2 aromatic rings. The van der Waals surface area contributed by atoms with Gasteiger partial charge in [-0.25, -0.2) is 4.39 Å². The molecule has 12 heavy (non-hydrogen) atoms. The van der Waals surface area contributed by atoms with Crippen LogP contribution in [0.3, 0.4) is 0 Å². The first-order valence-electron chi connectivity index (χ1n) is 3.33. The first kappa shape index (κ1) is 7.61. The summed E-state index contributed by atoms with van der Waals surface area (Å²) in [6.45, 7) is 0. The minimum absolute atomic E-state index is 0.130. The van der Waals surface area contributed by atoms with Crippen molar-refractivity contribution in [2.75, 3.05) is 0 Å². The summed E-state index contributed by atoms with van der Waals surface area (Å²) in [6, 6.07) is 3.05. The highest BCUT2D eigenvalue weighted by atomic mass is 79.9. The predicted octanol–water partition coefficient (Wildman–Crippen LogP) is 2.78. The molecule has 1 heterocycles. The van der Waals surface area contributed by atoms with Crippen LogP contribution in [0.1, 0.15) is 0 Å². The van der Waals surface area contributed by atoms with Crippen LogP contribution in [-0.2, 0) is 0 Å². The second-order valence-electron chi connectivity index (χ2n) is 2.49. The number of H-pyrrole nitrogens is 1. The van der Waals surface area contributed by atoms with Crippen LogP contribution >= 0.6 is 15.9 Å². The molecule has 4 heteroatoms. The minimum Gasteiger partial charge on any atom is -0.494 e. The van der Waals surface area contributed by atoms with E-state index in [1.807, 2.05) is 0 Å². The molecular weight excluding hydrogens is 225 g/mol. The molecule has 0 radical (unpaired) electrons. The molecule has 2 nitrogen and oxygen atoms in total. The Hall–Kier alpha value is -1.03. The van der Waals surface area contributed by atoms with Gasteiger partial charge in [0.05, 0.1) is 5.39 Å². The molecule has 0 fully saturated rings. The number of hydrogen-bond acceptors (Lipinski definition) is 1. The topological polar surface area (TPSA) is 36.0 Å². The number of fused-ring (bicyclic) bond motifs is 1. The van der Waals surface area contributed by atoms with Crippen molar-refractivity contribution in [3.05, 3.63) is 28.6 Å².